The quantitative estimate of drug-likeness (QED) is 0.297. The molecule has 2 aliphatic rings. The van der Waals surface area contributed by atoms with Crippen molar-refractivity contribution in [2.45, 2.75) is 109 Å². The first-order valence-corrected chi connectivity index (χ1v) is 13.4. The predicted octanol–water partition coefficient (Wildman–Crippen LogP) is 2.45. The maximum absolute atomic E-state index is 12.8. The second-order valence-corrected chi connectivity index (χ2v) is 10.7. The molecule has 208 valence electrons. The summed E-state index contributed by atoms with van der Waals surface area (Å²) in [6, 6.07) is 0. The van der Waals surface area contributed by atoms with E-state index in [0.29, 0.717) is 6.42 Å². The minimum Gasteiger partial charge on any atom is -0.506 e. The molecule has 1 heterocycles. The molecule has 0 aromatic heterocycles. The number of carbonyl (C=O) groups is 5. The van der Waals surface area contributed by atoms with Crippen LogP contribution in [0.4, 0.5) is 0 Å². The molecule has 1 saturated heterocycles. The van der Waals surface area contributed by atoms with Gasteiger partial charge in [0.1, 0.15) is 0 Å². The lowest BCUT2D eigenvalue weighted by molar-refractivity contribution is -0.157. The van der Waals surface area contributed by atoms with E-state index in [1.807, 2.05) is 13.8 Å². The highest BCUT2D eigenvalue weighted by molar-refractivity contribution is 6.51. The molecule has 0 bridgehead atoms. The number of carboxylic acids is 2. The van der Waals surface area contributed by atoms with Crippen LogP contribution in [0, 0.1) is 11.8 Å². The van der Waals surface area contributed by atoms with Crippen molar-refractivity contribution in [2.75, 3.05) is 6.54 Å². The zero-order chi connectivity index (χ0) is 27.4. The fraction of sp³-hybridized carbons (Fsp3) is 0.800. The number of hydrogen-bond acceptors (Lipinski definition) is 7. The third-order valence-electron chi connectivity index (χ3n) is 6.86. The Labute approximate surface area is 218 Å². The first-order chi connectivity index (χ1) is 17.5. The van der Waals surface area contributed by atoms with Gasteiger partial charge in [0.15, 0.2) is 5.60 Å². The largest absolute Gasteiger partial charge is 0.552 e. The molecular formula is C25H41BN2O9. The predicted molar refractivity (Wildman–Crippen MR) is 134 cm³/mol. The van der Waals surface area contributed by atoms with Crippen LogP contribution >= 0.6 is 0 Å². The average Bonchev–Trinajstić information content (AvgIpc) is 3.07. The Morgan fingerprint density at radius 2 is 1.46 bits per heavy atom. The molecule has 1 aliphatic carbocycles. The van der Waals surface area contributed by atoms with Gasteiger partial charge in [-0.05, 0) is 25.2 Å². The van der Waals surface area contributed by atoms with Crippen LogP contribution in [0.15, 0.2) is 0 Å². The van der Waals surface area contributed by atoms with Gasteiger partial charge in [-0.3, -0.25) is 24.0 Å². The zero-order valence-electron chi connectivity index (χ0n) is 22.0. The van der Waals surface area contributed by atoms with E-state index in [9.17, 15) is 34.2 Å². The van der Waals surface area contributed by atoms with E-state index >= 15 is 0 Å². The number of aliphatic carboxylic acids is 2. The first-order valence-electron chi connectivity index (χ1n) is 13.4. The lowest BCUT2D eigenvalue weighted by atomic mass is 9.74. The molecule has 1 aliphatic heterocycles. The molecule has 1 atom stereocenters. The van der Waals surface area contributed by atoms with Gasteiger partial charge in [0.25, 0.3) is 0 Å². The highest BCUT2D eigenvalue weighted by atomic mass is 16.7. The van der Waals surface area contributed by atoms with Gasteiger partial charge in [-0.15, -0.1) is 0 Å². The fourth-order valence-electron chi connectivity index (χ4n) is 5.01. The molecule has 2 rings (SSSR count). The van der Waals surface area contributed by atoms with Crippen molar-refractivity contribution >= 4 is 36.8 Å². The number of hydrogen-bond donors (Lipinski definition) is 4. The van der Waals surface area contributed by atoms with Crippen molar-refractivity contribution in [2.24, 2.45) is 11.8 Å². The van der Waals surface area contributed by atoms with Crippen LogP contribution in [0.2, 0.25) is 0 Å². The summed E-state index contributed by atoms with van der Waals surface area (Å²) in [5, 5.41) is 23.8. The second kappa shape index (κ2) is 14.9. The minimum atomic E-state index is -2.18. The summed E-state index contributed by atoms with van der Waals surface area (Å²) in [6.45, 7) is 3.49. The summed E-state index contributed by atoms with van der Waals surface area (Å²) >= 11 is 0. The highest BCUT2D eigenvalue weighted by Crippen LogP contribution is 2.32. The highest BCUT2D eigenvalue weighted by Gasteiger charge is 2.57. The lowest BCUT2D eigenvalue weighted by Gasteiger charge is -2.24. The Bertz CT molecular complexity index is 792. The molecule has 0 aromatic carbocycles. The van der Waals surface area contributed by atoms with Crippen molar-refractivity contribution in [3.63, 3.8) is 0 Å². The van der Waals surface area contributed by atoms with E-state index in [2.05, 4.69) is 10.6 Å². The fourth-order valence-corrected chi connectivity index (χ4v) is 5.01. The van der Waals surface area contributed by atoms with Crippen LogP contribution in [0.5, 0.6) is 0 Å². The summed E-state index contributed by atoms with van der Waals surface area (Å²) in [5.74, 6) is -5.54. The number of amides is 2. The monoisotopic (exact) mass is 524 g/mol. The van der Waals surface area contributed by atoms with Gasteiger partial charge in [0, 0.05) is 5.92 Å². The van der Waals surface area contributed by atoms with Gasteiger partial charge in [0.2, 0.25) is 11.8 Å². The molecular weight excluding hydrogens is 483 g/mol. The van der Waals surface area contributed by atoms with Gasteiger partial charge in [0.05, 0.1) is 25.3 Å². The smallest absolute Gasteiger partial charge is 0.506 e. The second-order valence-electron chi connectivity index (χ2n) is 10.7. The summed E-state index contributed by atoms with van der Waals surface area (Å²) in [4.78, 5) is 60.7. The summed E-state index contributed by atoms with van der Waals surface area (Å²) in [6.07, 6.45) is 9.17. The van der Waals surface area contributed by atoms with E-state index in [4.69, 9.17) is 9.31 Å². The topological polar surface area (TPSA) is 168 Å². The first kappa shape index (κ1) is 30.6. The van der Waals surface area contributed by atoms with Gasteiger partial charge < -0.3 is 30.2 Å². The Morgan fingerprint density at radius 3 is 1.95 bits per heavy atom. The SMILES string of the molecule is CC(C)C[C@H](NC(=O)CNC(=O)C1CCCCCCCCCC1)B1OC(=O)C(CC(=O)O)(CC(=O)O)O1. The Kier molecular flexibility index (Phi) is 12.4. The van der Waals surface area contributed by atoms with Gasteiger partial charge in [-0.25, -0.2) is 0 Å². The summed E-state index contributed by atoms with van der Waals surface area (Å²) in [5.41, 5.74) is -2.18. The zero-order valence-corrected chi connectivity index (χ0v) is 22.0. The summed E-state index contributed by atoms with van der Waals surface area (Å²) < 4.78 is 10.8. The molecule has 2 fully saturated rings. The molecule has 4 N–H and O–H groups in total. The number of carbonyl (C=O) groups excluding carboxylic acids is 3. The molecule has 0 spiro atoms. The van der Waals surface area contributed by atoms with Gasteiger partial charge >= 0.3 is 25.0 Å². The Morgan fingerprint density at radius 1 is 0.946 bits per heavy atom. The molecule has 37 heavy (non-hydrogen) atoms. The van der Waals surface area contributed by atoms with Crippen LogP contribution in [0.1, 0.15) is 97.3 Å². The normalized spacial score (nSPS) is 20.0. The molecule has 0 radical (unpaired) electrons. The summed E-state index contributed by atoms with van der Waals surface area (Å²) in [7, 11) is -1.35. The van der Waals surface area contributed by atoms with Crippen LogP contribution in [-0.4, -0.2) is 65.1 Å². The van der Waals surface area contributed by atoms with Crippen molar-refractivity contribution in [3.8, 4) is 0 Å². The number of carboxylic acid groups (broad SMARTS) is 2. The number of rotatable bonds is 11. The third-order valence-corrected chi connectivity index (χ3v) is 6.86. The van der Waals surface area contributed by atoms with Crippen molar-refractivity contribution in [1.82, 2.24) is 10.6 Å². The molecule has 1 saturated carbocycles. The Balaban J connectivity index is 1.99. The van der Waals surface area contributed by atoms with Crippen LogP contribution in [-0.2, 0) is 33.3 Å². The van der Waals surface area contributed by atoms with Gasteiger partial charge in [-0.1, -0.05) is 65.2 Å². The maximum Gasteiger partial charge on any atom is 0.552 e. The van der Waals surface area contributed by atoms with E-state index in [1.165, 1.54) is 25.7 Å². The number of nitrogens with one attached hydrogen (secondary N) is 2. The third kappa shape index (κ3) is 10.3. The molecule has 0 unspecified atom stereocenters. The van der Waals surface area contributed by atoms with Crippen LogP contribution in [0.3, 0.4) is 0 Å². The van der Waals surface area contributed by atoms with E-state index in [0.717, 1.165) is 38.5 Å². The molecule has 12 heteroatoms. The van der Waals surface area contributed by atoms with Crippen LogP contribution in [0.25, 0.3) is 0 Å². The maximum atomic E-state index is 12.8. The Hall–Kier alpha value is -2.63. The molecule has 0 aromatic rings. The van der Waals surface area contributed by atoms with Crippen molar-refractivity contribution in [1.29, 1.82) is 0 Å². The lowest BCUT2D eigenvalue weighted by Crippen LogP contribution is -2.52. The van der Waals surface area contributed by atoms with E-state index in [-0.39, 0.29) is 24.3 Å². The molecule has 2 amide bonds. The standard InChI is InChI=1S/C25H41BN2O9/c1-17(2)13-19(26-36-24(35)25(37-26,14-21(30)31)15-22(32)33)28-20(29)16-27-23(34)18-11-9-7-5-3-4-6-8-10-12-18/h17-19H,3-16H2,1-2H3,(H,27,34)(H,28,29)(H,30,31)(H,32,33)/t19-/m0/s1. The van der Waals surface area contributed by atoms with Crippen molar-refractivity contribution in [3.05, 3.63) is 0 Å². The van der Waals surface area contributed by atoms with E-state index < -0.39 is 55.3 Å². The average molecular weight is 524 g/mol. The van der Waals surface area contributed by atoms with Gasteiger partial charge in [-0.2, -0.15) is 0 Å². The van der Waals surface area contributed by atoms with E-state index in [1.54, 1.807) is 0 Å². The van der Waals surface area contributed by atoms with Crippen molar-refractivity contribution < 1.29 is 43.5 Å². The van der Waals surface area contributed by atoms with Crippen LogP contribution < -0.4 is 10.6 Å². The minimum absolute atomic E-state index is 0.0307. The molecule has 11 nitrogen and oxygen atoms in total.